The summed E-state index contributed by atoms with van der Waals surface area (Å²) in [6.07, 6.45) is 1.23. The second-order valence-corrected chi connectivity index (χ2v) is 8.95. The van der Waals surface area contributed by atoms with E-state index < -0.39 is 26.8 Å². The predicted octanol–water partition coefficient (Wildman–Crippen LogP) is 1.57. The molecule has 0 saturated heterocycles. The van der Waals surface area contributed by atoms with Gasteiger partial charge in [0.2, 0.25) is 15.9 Å². The molecule has 2 aromatic rings. The summed E-state index contributed by atoms with van der Waals surface area (Å²) in [5.41, 5.74) is 4.16. The second-order valence-electron chi connectivity index (χ2n) is 6.02. The van der Waals surface area contributed by atoms with Crippen molar-refractivity contribution in [2.75, 3.05) is 18.8 Å². The van der Waals surface area contributed by atoms with Crippen LogP contribution in [-0.4, -0.2) is 53.3 Å². The van der Waals surface area contributed by atoms with Crippen molar-refractivity contribution in [3.05, 3.63) is 58.3 Å². The summed E-state index contributed by atoms with van der Waals surface area (Å²) in [6, 6.07) is 7.99. The Morgan fingerprint density at radius 1 is 1.16 bits per heavy atom. The first-order valence-corrected chi connectivity index (χ1v) is 11.5. The zero-order valence-electron chi connectivity index (χ0n) is 16.8. The molecule has 2 amide bonds. The van der Waals surface area contributed by atoms with E-state index in [1.807, 2.05) is 0 Å². The number of hydrogen-bond acceptors (Lipinski definition) is 8. The highest BCUT2D eigenvalue weighted by Gasteiger charge is 2.21. The molecule has 11 nitrogen and oxygen atoms in total. The quantitative estimate of drug-likeness (QED) is 0.320. The standard InChI is InChI=1S/C18H21N5O6S2/c1-3-22(4-2)31(28,29)15-8-9-17(19-11-15)30-12-16(24)20-21-18(25)13-6-5-7-14(10-13)23(26)27/h5-11H,3-4,12H2,1-2H3,(H,20,24)(H,21,25). The number of sulfonamides is 1. The average molecular weight is 468 g/mol. The van der Waals surface area contributed by atoms with Crippen molar-refractivity contribution in [1.82, 2.24) is 20.1 Å². The van der Waals surface area contributed by atoms with Crippen molar-refractivity contribution in [2.45, 2.75) is 23.8 Å². The Bertz CT molecular complexity index is 1060. The molecule has 0 fully saturated rings. The van der Waals surface area contributed by atoms with Crippen LogP contribution >= 0.6 is 11.8 Å². The van der Waals surface area contributed by atoms with Crippen molar-refractivity contribution in [2.24, 2.45) is 0 Å². The minimum Gasteiger partial charge on any atom is -0.272 e. The number of rotatable bonds is 9. The van der Waals surface area contributed by atoms with E-state index >= 15 is 0 Å². The summed E-state index contributed by atoms with van der Waals surface area (Å²) in [4.78, 5) is 38.2. The second kappa shape index (κ2) is 10.8. The number of hydrogen-bond donors (Lipinski definition) is 2. The van der Waals surface area contributed by atoms with E-state index in [0.717, 1.165) is 17.8 Å². The highest BCUT2D eigenvalue weighted by atomic mass is 32.2. The third kappa shape index (κ3) is 6.47. The number of nitro benzene ring substituents is 1. The number of hydrazine groups is 1. The summed E-state index contributed by atoms with van der Waals surface area (Å²) < 4.78 is 26.2. The Hall–Kier alpha value is -3.03. The van der Waals surface area contributed by atoms with E-state index in [1.54, 1.807) is 13.8 Å². The number of benzene rings is 1. The van der Waals surface area contributed by atoms with Gasteiger partial charge in [0, 0.05) is 37.0 Å². The molecular formula is C18H21N5O6S2. The molecule has 2 rings (SSSR count). The fourth-order valence-electron chi connectivity index (χ4n) is 2.45. The Morgan fingerprint density at radius 3 is 2.45 bits per heavy atom. The Kier molecular flexibility index (Phi) is 8.47. The number of nitrogens with zero attached hydrogens (tertiary/aromatic N) is 3. The number of aromatic nitrogens is 1. The smallest absolute Gasteiger partial charge is 0.270 e. The predicted molar refractivity (Wildman–Crippen MR) is 114 cm³/mol. The van der Waals surface area contributed by atoms with Gasteiger partial charge in [0.1, 0.15) is 4.90 Å². The molecular weight excluding hydrogens is 446 g/mol. The van der Waals surface area contributed by atoms with Gasteiger partial charge in [-0.1, -0.05) is 31.7 Å². The Balaban J connectivity index is 1.88. The van der Waals surface area contributed by atoms with Crippen molar-refractivity contribution < 1.29 is 22.9 Å². The molecule has 1 aromatic carbocycles. The molecule has 0 spiro atoms. The number of amides is 2. The molecule has 13 heteroatoms. The van der Waals surface area contributed by atoms with Gasteiger partial charge in [-0.3, -0.25) is 30.6 Å². The molecule has 2 N–H and O–H groups in total. The van der Waals surface area contributed by atoms with E-state index in [0.29, 0.717) is 18.1 Å². The third-order valence-electron chi connectivity index (χ3n) is 4.04. The van der Waals surface area contributed by atoms with Crippen LogP contribution in [0.5, 0.6) is 0 Å². The molecule has 1 aromatic heterocycles. The third-order valence-corrected chi connectivity index (χ3v) is 7.02. The molecule has 0 radical (unpaired) electrons. The molecule has 31 heavy (non-hydrogen) atoms. The van der Waals surface area contributed by atoms with Crippen molar-refractivity contribution >= 4 is 39.3 Å². The van der Waals surface area contributed by atoms with Crippen LogP contribution in [0.1, 0.15) is 24.2 Å². The normalized spacial score (nSPS) is 11.2. The largest absolute Gasteiger partial charge is 0.272 e. The first-order chi connectivity index (χ1) is 14.7. The molecule has 0 aliphatic rings. The summed E-state index contributed by atoms with van der Waals surface area (Å²) in [7, 11) is -3.61. The van der Waals surface area contributed by atoms with E-state index in [2.05, 4.69) is 15.8 Å². The molecule has 0 aliphatic carbocycles. The number of pyridine rings is 1. The Labute approximate surface area is 183 Å². The van der Waals surface area contributed by atoms with Crippen LogP contribution in [0.2, 0.25) is 0 Å². The fourth-order valence-corrected chi connectivity index (χ4v) is 4.50. The molecule has 0 saturated carbocycles. The zero-order valence-corrected chi connectivity index (χ0v) is 18.4. The lowest BCUT2D eigenvalue weighted by atomic mass is 10.2. The lowest BCUT2D eigenvalue weighted by Gasteiger charge is -2.18. The van der Waals surface area contributed by atoms with Gasteiger partial charge in [0.25, 0.3) is 11.6 Å². The maximum Gasteiger partial charge on any atom is 0.270 e. The summed E-state index contributed by atoms with van der Waals surface area (Å²) in [5.74, 6) is -1.33. The monoisotopic (exact) mass is 467 g/mol. The van der Waals surface area contributed by atoms with E-state index in [4.69, 9.17) is 0 Å². The highest BCUT2D eigenvalue weighted by Crippen LogP contribution is 2.19. The molecule has 0 unspecified atom stereocenters. The maximum atomic E-state index is 12.4. The molecule has 0 atom stereocenters. The molecule has 0 bridgehead atoms. The minimum absolute atomic E-state index is 0.0221. The highest BCUT2D eigenvalue weighted by molar-refractivity contribution is 7.99. The van der Waals surface area contributed by atoms with E-state index in [9.17, 15) is 28.1 Å². The molecule has 166 valence electrons. The summed E-state index contributed by atoms with van der Waals surface area (Å²) >= 11 is 1.05. The number of nitro groups is 1. The zero-order chi connectivity index (χ0) is 23.0. The summed E-state index contributed by atoms with van der Waals surface area (Å²) in [5, 5.41) is 11.2. The van der Waals surface area contributed by atoms with Gasteiger partial charge >= 0.3 is 0 Å². The Morgan fingerprint density at radius 2 is 1.87 bits per heavy atom. The number of nitrogens with one attached hydrogen (secondary N) is 2. The number of non-ortho nitro benzene ring substituents is 1. The fraction of sp³-hybridized carbons (Fsp3) is 0.278. The minimum atomic E-state index is -3.61. The van der Waals surface area contributed by atoms with Gasteiger partial charge in [-0.2, -0.15) is 4.31 Å². The van der Waals surface area contributed by atoms with E-state index in [1.165, 1.54) is 40.8 Å². The first kappa shape index (κ1) is 24.2. The lowest BCUT2D eigenvalue weighted by Crippen LogP contribution is -2.42. The SMILES string of the molecule is CCN(CC)S(=O)(=O)c1ccc(SCC(=O)NNC(=O)c2cccc([N+](=O)[O-])c2)nc1. The number of carbonyl (C=O) groups excluding carboxylic acids is 2. The topological polar surface area (TPSA) is 152 Å². The van der Waals surface area contributed by atoms with Gasteiger partial charge in [0.05, 0.1) is 15.7 Å². The van der Waals surface area contributed by atoms with Gasteiger partial charge in [-0.15, -0.1) is 0 Å². The van der Waals surface area contributed by atoms with Crippen LogP contribution in [0.4, 0.5) is 5.69 Å². The summed E-state index contributed by atoms with van der Waals surface area (Å²) in [6.45, 7) is 4.18. The number of thioether (sulfide) groups is 1. The van der Waals surface area contributed by atoms with Gasteiger partial charge < -0.3 is 0 Å². The van der Waals surface area contributed by atoms with Gasteiger partial charge in [0.15, 0.2) is 0 Å². The van der Waals surface area contributed by atoms with Crippen LogP contribution in [0.25, 0.3) is 0 Å². The van der Waals surface area contributed by atoms with Crippen molar-refractivity contribution in [1.29, 1.82) is 0 Å². The van der Waals surface area contributed by atoms with Crippen LogP contribution in [0, 0.1) is 10.1 Å². The van der Waals surface area contributed by atoms with Crippen molar-refractivity contribution in [3.63, 3.8) is 0 Å². The number of carbonyl (C=O) groups is 2. The molecule has 1 heterocycles. The van der Waals surface area contributed by atoms with Gasteiger partial charge in [-0.25, -0.2) is 13.4 Å². The van der Waals surface area contributed by atoms with E-state index in [-0.39, 0.29) is 21.9 Å². The van der Waals surface area contributed by atoms with Crippen LogP contribution in [0.3, 0.4) is 0 Å². The maximum absolute atomic E-state index is 12.4. The molecule has 0 aliphatic heterocycles. The van der Waals surface area contributed by atoms with Crippen molar-refractivity contribution in [3.8, 4) is 0 Å². The van der Waals surface area contributed by atoms with Gasteiger partial charge in [-0.05, 0) is 18.2 Å². The van der Waals surface area contributed by atoms with Crippen LogP contribution < -0.4 is 10.9 Å². The van der Waals surface area contributed by atoms with Crippen LogP contribution in [-0.2, 0) is 14.8 Å². The lowest BCUT2D eigenvalue weighted by molar-refractivity contribution is -0.384. The first-order valence-electron chi connectivity index (χ1n) is 9.11. The van der Waals surface area contributed by atoms with Crippen LogP contribution in [0.15, 0.2) is 52.5 Å². The average Bonchev–Trinajstić information content (AvgIpc) is 2.77.